The van der Waals surface area contributed by atoms with E-state index in [9.17, 15) is 5.21 Å². The number of nitrogens with zero attached hydrogens (tertiary/aromatic N) is 3. The van der Waals surface area contributed by atoms with Gasteiger partial charge in [0.15, 0.2) is 5.84 Å². The maximum absolute atomic E-state index is 9.47. The summed E-state index contributed by atoms with van der Waals surface area (Å²) in [7, 11) is 0. The van der Waals surface area contributed by atoms with Gasteiger partial charge >= 0.3 is 0 Å². The van der Waals surface area contributed by atoms with Gasteiger partial charge in [-0.1, -0.05) is 36.4 Å². The lowest BCUT2D eigenvalue weighted by atomic mass is 10.1. The first-order valence-corrected chi connectivity index (χ1v) is 9.70. The van der Waals surface area contributed by atoms with Crippen molar-refractivity contribution in [1.82, 2.24) is 15.4 Å². The van der Waals surface area contributed by atoms with Crippen LogP contribution in [0.3, 0.4) is 0 Å². The Bertz CT molecular complexity index is 964. The summed E-state index contributed by atoms with van der Waals surface area (Å²) in [5.74, 6) is 1.63. The zero-order valence-corrected chi connectivity index (χ0v) is 16.1. The molecule has 2 aromatic carbocycles. The molecule has 1 fully saturated rings. The first-order chi connectivity index (χ1) is 14.3. The third-order valence-corrected chi connectivity index (χ3v) is 4.87. The number of hydrogen-bond donors (Lipinski definition) is 2. The molecule has 0 aliphatic carbocycles. The molecule has 1 aliphatic rings. The van der Waals surface area contributed by atoms with Crippen molar-refractivity contribution >= 4 is 16.6 Å². The topological polar surface area (TPSA) is 79.2 Å². The molecule has 0 atom stereocenters. The summed E-state index contributed by atoms with van der Waals surface area (Å²) in [6, 6.07) is 17.6. The standard InChI is InChI=1S/C22H24N4O3/c27-25-22(23-10-11-26-12-14-28-15-13-26)18-8-9-21(24-16-18)29-20-7-3-5-17-4-1-2-6-19(17)20/h1-9,16,27H,10-15H2,(H,23,25). The Morgan fingerprint density at radius 1 is 1.10 bits per heavy atom. The summed E-state index contributed by atoms with van der Waals surface area (Å²) in [6.07, 6.45) is 1.64. The minimum absolute atomic E-state index is 0.391. The highest BCUT2D eigenvalue weighted by molar-refractivity contribution is 5.97. The van der Waals surface area contributed by atoms with Gasteiger partial charge in [-0.15, -0.1) is 0 Å². The molecule has 2 N–H and O–H groups in total. The number of aromatic nitrogens is 1. The minimum atomic E-state index is 0.391. The first kappa shape index (κ1) is 19.3. The smallest absolute Gasteiger partial charge is 0.219 e. The van der Waals surface area contributed by atoms with Crippen LogP contribution >= 0.6 is 0 Å². The van der Waals surface area contributed by atoms with E-state index in [1.54, 1.807) is 12.3 Å². The second-order valence-electron chi connectivity index (χ2n) is 6.76. The first-order valence-electron chi connectivity index (χ1n) is 9.70. The lowest BCUT2D eigenvalue weighted by Gasteiger charge is -2.25. The summed E-state index contributed by atoms with van der Waals surface area (Å²) in [5, 5.41) is 11.6. The highest BCUT2D eigenvalue weighted by atomic mass is 16.5. The van der Waals surface area contributed by atoms with Gasteiger partial charge in [0.1, 0.15) is 5.75 Å². The molecule has 0 unspecified atom stereocenters. The summed E-state index contributed by atoms with van der Waals surface area (Å²) < 4.78 is 11.3. The molecule has 1 aromatic heterocycles. The van der Waals surface area contributed by atoms with E-state index in [2.05, 4.69) is 20.4 Å². The molecule has 29 heavy (non-hydrogen) atoms. The quantitative estimate of drug-likeness (QED) is 0.381. The van der Waals surface area contributed by atoms with Gasteiger partial charge in [0.25, 0.3) is 0 Å². The summed E-state index contributed by atoms with van der Waals surface area (Å²) in [4.78, 5) is 11.1. The Morgan fingerprint density at radius 2 is 1.93 bits per heavy atom. The van der Waals surface area contributed by atoms with Crippen molar-refractivity contribution in [3.8, 4) is 11.6 Å². The normalized spacial score (nSPS) is 15.4. The van der Waals surface area contributed by atoms with Crippen molar-refractivity contribution < 1.29 is 14.7 Å². The largest absolute Gasteiger partial charge is 0.438 e. The number of aliphatic imine (C=N–C) groups is 1. The number of morpholine rings is 1. The second kappa shape index (κ2) is 9.47. The number of hydroxylamine groups is 1. The minimum Gasteiger partial charge on any atom is -0.438 e. The molecule has 0 saturated carbocycles. The number of benzene rings is 2. The predicted molar refractivity (Wildman–Crippen MR) is 112 cm³/mol. The summed E-state index contributed by atoms with van der Waals surface area (Å²) in [6.45, 7) is 4.76. The van der Waals surface area contributed by atoms with Crippen LogP contribution in [0.1, 0.15) is 5.56 Å². The van der Waals surface area contributed by atoms with Crippen LogP contribution in [0.5, 0.6) is 11.6 Å². The Labute approximate surface area is 169 Å². The molecule has 7 nitrogen and oxygen atoms in total. The summed E-state index contributed by atoms with van der Waals surface area (Å²) >= 11 is 0. The highest BCUT2D eigenvalue weighted by Crippen LogP contribution is 2.28. The Balaban J connectivity index is 1.42. The monoisotopic (exact) mass is 392 g/mol. The van der Waals surface area contributed by atoms with Crippen LogP contribution in [0.2, 0.25) is 0 Å². The maximum Gasteiger partial charge on any atom is 0.219 e. The van der Waals surface area contributed by atoms with Gasteiger partial charge in [-0.05, 0) is 17.5 Å². The lowest BCUT2D eigenvalue weighted by Crippen LogP contribution is -2.38. The molecule has 4 rings (SSSR count). The molecular formula is C22H24N4O3. The van der Waals surface area contributed by atoms with Gasteiger partial charge in [-0.2, -0.15) is 0 Å². The lowest BCUT2D eigenvalue weighted by molar-refractivity contribution is 0.0394. The number of pyridine rings is 1. The van der Waals surface area contributed by atoms with Gasteiger partial charge in [-0.3, -0.25) is 20.6 Å². The fourth-order valence-corrected chi connectivity index (χ4v) is 3.30. The van der Waals surface area contributed by atoms with Crippen LogP contribution in [-0.4, -0.2) is 60.3 Å². The maximum atomic E-state index is 9.47. The fraction of sp³-hybridized carbons (Fsp3) is 0.273. The molecule has 7 heteroatoms. The molecule has 3 aromatic rings. The Morgan fingerprint density at radius 3 is 2.72 bits per heavy atom. The van der Waals surface area contributed by atoms with Crippen molar-refractivity contribution in [2.45, 2.75) is 0 Å². The van der Waals surface area contributed by atoms with Crippen molar-refractivity contribution in [3.63, 3.8) is 0 Å². The number of fused-ring (bicyclic) bond motifs is 1. The van der Waals surface area contributed by atoms with Gasteiger partial charge < -0.3 is 9.47 Å². The van der Waals surface area contributed by atoms with E-state index in [0.717, 1.165) is 49.4 Å². The van der Waals surface area contributed by atoms with E-state index in [1.807, 2.05) is 48.5 Å². The fourth-order valence-electron chi connectivity index (χ4n) is 3.30. The molecule has 1 saturated heterocycles. The second-order valence-corrected chi connectivity index (χ2v) is 6.76. The molecule has 2 heterocycles. The molecule has 0 amide bonds. The van der Waals surface area contributed by atoms with Crippen LogP contribution in [-0.2, 0) is 4.74 Å². The zero-order chi connectivity index (χ0) is 19.9. The van der Waals surface area contributed by atoms with Crippen LogP contribution < -0.4 is 10.2 Å². The number of hydrogen-bond acceptors (Lipinski definition) is 6. The Kier molecular flexibility index (Phi) is 6.31. The number of ether oxygens (including phenoxy) is 2. The van der Waals surface area contributed by atoms with E-state index < -0.39 is 0 Å². The van der Waals surface area contributed by atoms with E-state index in [1.165, 1.54) is 0 Å². The number of amidine groups is 1. The highest BCUT2D eigenvalue weighted by Gasteiger charge is 2.10. The zero-order valence-electron chi connectivity index (χ0n) is 16.1. The van der Waals surface area contributed by atoms with Crippen LogP contribution in [0.15, 0.2) is 65.8 Å². The van der Waals surface area contributed by atoms with Gasteiger partial charge in [0.05, 0.1) is 19.8 Å². The third-order valence-electron chi connectivity index (χ3n) is 4.87. The van der Waals surface area contributed by atoms with Gasteiger partial charge in [0.2, 0.25) is 5.88 Å². The van der Waals surface area contributed by atoms with Crippen molar-refractivity contribution in [3.05, 3.63) is 66.4 Å². The van der Waals surface area contributed by atoms with Crippen LogP contribution in [0.4, 0.5) is 0 Å². The molecule has 150 valence electrons. The van der Waals surface area contributed by atoms with E-state index in [4.69, 9.17) is 9.47 Å². The molecule has 0 radical (unpaired) electrons. The van der Waals surface area contributed by atoms with E-state index in [-0.39, 0.29) is 0 Å². The predicted octanol–water partition coefficient (Wildman–Crippen LogP) is 3.08. The average Bonchev–Trinajstić information content (AvgIpc) is 2.78. The molecule has 1 aliphatic heterocycles. The van der Waals surface area contributed by atoms with Gasteiger partial charge in [-0.25, -0.2) is 4.98 Å². The van der Waals surface area contributed by atoms with Crippen LogP contribution in [0, 0.1) is 0 Å². The molecule has 0 spiro atoms. The van der Waals surface area contributed by atoms with Crippen molar-refractivity contribution in [2.75, 3.05) is 39.4 Å². The van der Waals surface area contributed by atoms with E-state index >= 15 is 0 Å². The van der Waals surface area contributed by atoms with Crippen molar-refractivity contribution in [1.29, 1.82) is 0 Å². The Hall–Kier alpha value is -3.00. The molecular weight excluding hydrogens is 368 g/mol. The molecule has 0 bridgehead atoms. The third kappa shape index (κ3) is 4.89. The SMILES string of the molecule is ONC(=NCCN1CCOCC1)c1ccc(Oc2cccc3ccccc23)nc1. The van der Waals surface area contributed by atoms with Gasteiger partial charge in [0, 0.05) is 42.8 Å². The summed E-state index contributed by atoms with van der Waals surface area (Å²) in [5.41, 5.74) is 2.87. The van der Waals surface area contributed by atoms with Crippen LogP contribution in [0.25, 0.3) is 10.8 Å². The number of nitrogens with one attached hydrogen (secondary N) is 1. The van der Waals surface area contributed by atoms with Crippen molar-refractivity contribution in [2.24, 2.45) is 4.99 Å². The van der Waals surface area contributed by atoms with E-state index in [0.29, 0.717) is 23.8 Å². The average molecular weight is 392 g/mol. The number of rotatable bonds is 6.